The molecule has 1 aromatic carbocycles. The van der Waals surface area contributed by atoms with Gasteiger partial charge in [0, 0.05) is 10.9 Å². The molecule has 3 rings (SSSR count). The number of carboxylic acid groups (broad SMARTS) is 1. The molecule has 0 bridgehead atoms. The molecule has 2 atom stereocenters. The molecule has 0 unspecified atom stereocenters. The van der Waals surface area contributed by atoms with E-state index in [1.165, 1.54) is 0 Å². The lowest BCUT2D eigenvalue weighted by atomic mass is 9.96. The fraction of sp³-hybridized carbons (Fsp3) is 0.286. The van der Waals surface area contributed by atoms with Crippen LogP contribution in [0.25, 0.3) is 0 Å². The lowest BCUT2D eigenvalue weighted by Crippen LogP contribution is -2.36. The van der Waals surface area contributed by atoms with Gasteiger partial charge < -0.3 is 10.4 Å². The Balaban J connectivity index is 2.05. The van der Waals surface area contributed by atoms with Crippen molar-refractivity contribution in [1.82, 2.24) is 9.78 Å². The van der Waals surface area contributed by atoms with E-state index in [4.69, 9.17) is 5.11 Å². The van der Waals surface area contributed by atoms with Crippen LogP contribution in [0.15, 0.2) is 34.9 Å². The van der Waals surface area contributed by atoms with E-state index in [9.17, 15) is 18.0 Å². The number of nitrogens with zero attached hydrogens (tertiary/aromatic N) is 2. The molecule has 2 heterocycles. The third kappa shape index (κ3) is 2.92. The summed E-state index contributed by atoms with van der Waals surface area (Å²) in [4.78, 5) is 11.2. The van der Waals surface area contributed by atoms with E-state index in [-0.39, 0.29) is 17.8 Å². The standard InChI is InChI=1S/C14H11BrF3N3O2/c15-8-3-1-7(2-4-8)10-5-11(14(16,17)18)21-12(20-10)9(6-19-21)13(22)23/h1-4,6,10-11,20H,5H2,(H,22,23)/t10-,11-/m0/s1. The number of hydrogen-bond acceptors (Lipinski definition) is 3. The van der Waals surface area contributed by atoms with E-state index in [0.29, 0.717) is 10.2 Å². The zero-order chi connectivity index (χ0) is 16.8. The summed E-state index contributed by atoms with van der Waals surface area (Å²) >= 11 is 3.27. The Kier molecular flexibility index (Phi) is 3.83. The highest BCUT2D eigenvalue weighted by Crippen LogP contribution is 2.44. The van der Waals surface area contributed by atoms with Gasteiger partial charge in [0.2, 0.25) is 0 Å². The second-order valence-electron chi connectivity index (χ2n) is 5.20. The maximum Gasteiger partial charge on any atom is 0.410 e. The minimum Gasteiger partial charge on any atom is -0.477 e. The molecule has 0 radical (unpaired) electrons. The SMILES string of the molecule is O=C(O)c1cnn2c1N[C@H](c1ccc(Br)cc1)C[C@H]2C(F)(F)F. The fourth-order valence-corrected chi connectivity index (χ4v) is 2.90. The zero-order valence-corrected chi connectivity index (χ0v) is 13.1. The number of aromatic nitrogens is 2. The van der Waals surface area contributed by atoms with Gasteiger partial charge in [0.1, 0.15) is 11.4 Å². The van der Waals surface area contributed by atoms with Crippen molar-refractivity contribution in [1.29, 1.82) is 0 Å². The first-order chi connectivity index (χ1) is 10.8. The molecule has 1 aliphatic heterocycles. The van der Waals surface area contributed by atoms with Crippen LogP contribution in [0.2, 0.25) is 0 Å². The number of aromatic carboxylic acids is 1. The largest absolute Gasteiger partial charge is 0.477 e. The molecule has 0 saturated heterocycles. The van der Waals surface area contributed by atoms with Gasteiger partial charge in [-0.05, 0) is 17.7 Å². The molecule has 1 aromatic heterocycles. The van der Waals surface area contributed by atoms with Crippen molar-refractivity contribution < 1.29 is 23.1 Å². The van der Waals surface area contributed by atoms with Crippen LogP contribution in [0, 0.1) is 0 Å². The van der Waals surface area contributed by atoms with Crippen molar-refractivity contribution in [3.63, 3.8) is 0 Å². The Morgan fingerprint density at radius 1 is 1.35 bits per heavy atom. The Bertz CT molecular complexity index is 743. The molecule has 0 amide bonds. The van der Waals surface area contributed by atoms with Crippen molar-refractivity contribution >= 4 is 27.7 Å². The number of carboxylic acids is 1. The van der Waals surface area contributed by atoms with Gasteiger partial charge in [0.25, 0.3) is 0 Å². The summed E-state index contributed by atoms with van der Waals surface area (Å²) in [5.41, 5.74) is 0.368. The molecule has 122 valence electrons. The molecule has 0 fully saturated rings. The number of hydrogen-bond donors (Lipinski definition) is 2. The van der Waals surface area contributed by atoms with Crippen molar-refractivity contribution in [2.75, 3.05) is 5.32 Å². The van der Waals surface area contributed by atoms with Gasteiger partial charge >= 0.3 is 12.1 Å². The Morgan fingerprint density at radius 3 is 2.57 bits per heavy atom. The second-order valence-corrected chi connectivity index (χ2v) is 6.11. The monoisotopic (exact) mass is 389 g/mol. The first-order valence-electron chi connectivity index (χ1n) is 6.67. The number of anilines is 1. The van der Waals surface area contributed by atoms with E-state index < -0.39 is 24.2 Å². The summed E-state index contributed by atoms with van der Waals surface area (Å²) in [5, 5.41) is 15.6. The lowest BCUT2D eigenvalue weighted by molar-refractivity contribution is -0.173. The van der Waals surface area contributed by atoms with Crippen LogP contribution in [-0.2, 0) is 0 Å². The number of fused-ring (bicyclic) bond motifs is 1. The van der Waals surface area contributed by atoms with Crippen LogP contribution in [-0.4, -0.2) is 27.0 Å². The van der Waals surface area contributed by atoms with E-state index in [2.05, 4.69) is 26.3 Å². The van der Waals surface area contributed by atoms with Crippen LogP contribution in [0.4, 0.5) is 19.0 Å². The van der Waals surface area contributed by atoms with Gasteiger partial charge in [0.05, 0.1) is 12.2 Å². The van der Waals surface area contributed by atoms with E-state index in [0.717, 1.165) is 10.7 Å². The van der Waals surface area contributed by atoms with E-state index >= 15 is 0 Å². The molecular formula is C14H11BrF3N3O2. The molecule has 9 heteroatoms. The Labute approximate surface area is 137 Å². The molecule has 5 nitrogen and oxygen atoms in total. The molecular weight excluding hydrogens is 379 g/mol. The number of carbonyl (C=O) groups is 1. The molecule has 2 aromatic rings. The molecule has 1 aliphatic rings. The molecule has 0 spiro atoms. The van der Waals surface area contributed by atoms with Crippen LogP contribution in [0.3, 0.4) is 0 Å². The van der Waals surface area contributed by atoms with Gasteiger partial charge in [-0.1, -0.05) is 28.1 Å². The second kappa shape index (κ2) is 5.55. The molecule has 0 aliphatic carbocycles. The highest BCUT2D eigenvalue weighted by atomic mass is 79.9. The number of halogens is 4. The Morgan fingerprint density at radius 2 is 2.00 bits per heavy atom. The Hall–Kier alpha value is -2.03. The molecule has 2 N–H and O–H groups in total. The minimum atomic E-state index is -4.52. The third-order valence-corrected chi connectivity index (χ3v) is 4.27. The van der Waals surface area contributed by atoms with Crippen LogP contribution >= 0.6 is 15.9 Å². The maximum atomic E-state index is 13.3. The number of benzene rings is 1. The quantitative estimate of drug-likeness (QED) is 0.814. The highest BCUT2D eigenvalue weighted by molar-refractivity contribution is 9.10. The van der Waals surface area contributed by atoms with Crippen LogP contribution in [0.5, 0.6) is 0 Å². The van der Waals surface area contributed by atoms with Crippen molar-refractivity contribution in [3.05, 3.63) is 46.1 Å². The minimum absolute atomic E-state index is 0.126. The smallest absolute Gasteiger partial charge is 0.410 e. The average Bonchev–Trinajstić information content (AvgIpc) is 2.89. The predicted octanol–water partition coefficient (Wildman–Crippen LogP) is 4.00. The van der Waals surface area contributed by atoms with Gasteiger partial charge in [-0.15, -0.1) is 0 Å². The van der Waals surface area contributed by atoms with Gasteiger partial charge in [-0.3, -0.25) is 0 Å². The van der Waals surface area contributed by atoms with E-state index in [1.54, 1.807) is 24.3 Å². The van der Waals surface area contributed by atoms with Gasteiger partial charge in [-0.2, -0.15) is 18.3 Å². The summed E-state index contributed by atoms with van der Waals surface area (Å²) in [6.07, 6.45) is -3.85. The van der Waals surface area contributed by atoms with Crippen molar-refractivity contribution in [3.8, 4) is 0 Å². The number of rotatable bonds is 2. The summed E-state index contributed by atoms with van der Waals surface area (Å²) in [5.74, 6) is -1.45. The van der Waals surface area contributed by atoms with Gasteiger partial charge in [-0.25, -0.2) is 9.48 Å². The molecule has 23 heavy (non-hydrogen) atoms. The maximum absolute atomic E-state index is 13.3. The van der Waals surface area contributed by atoms with Crippen molar-refractivity contribution in [2.24, 2.45) is 0 Å². The third-order valence-electron chi connectivity index (χ3n) is 3.74. The van der Waals surface area contributed by atoms with Gasteiger partial charge in [0.15, 0.2) is 6.04 Å². The number of alkyl halides is 3. The van der Waals surface area contributed by atoms with Crippen LogP contribution < -0.4 is 5.32 Å². The van der Waals surface area contributed by atoms with Crippen LogP contribution in [0.1, 0.15) is 34.4 Å². The summed E-state index contributed by atoms with van der Waals surface area (Å²) in [7, 11) is 0. The highest BCUT2D eigenvalue weighted by Gasteiger charge is 2.47. The predicted molar refractivity (Wildman–Crippen MR) is 79.4 cm³/mol. The first-order valence-corrected chi connectivity index (χ1v) is 7.46. The van der Waals surface area contributed by atoms with Crippen molar-refractivity contribution in [2.45, 2.75) is 24.7 Å². The average molecular weight is 390 g/mol. The summed E-state index contributed by atoms with van der Waals surface area (Å²) < 4.78 is 41.5. The first kappa shape index (κ1) is 15.9. The normalized spacial score (nSPS) is 20.7. The fourth-order valence-electron chi connectivity index (χ4n) is 2.63. The lowest BCUT2D eigenvalue weighted by Gasteiger charge is -2.33. The summed E-state index contributed by atoms with van der Waals surface area (Å²) in [6.45, 7) is 0. The number of nitrogens with one attached hydrogen (secondary N) is 1. The van der Waals surface area contributed by atoms with E-state index in [1.807, 2.05) is 0 Å². The summed E-state index contributed by atoms with van der Waals surface area (Å²) in [6, 6.07) is 4.31. The molecule has 0 saturated carbocycles. The topological polar surface area (TPSA) is 67.1 Å². The zero-order valence-electron chi connectivity index (χ0n) is 11.5.